The molecule has 7 nitrogen and oxygen atoms in total. The molecule has 0 aliphatic heterocycles. The zero-order valence-corrected chi connectivity index (χ0v) is 13.4. The van der Waals surface area contributed by atoms with Gasteiger partial charge < -0.3 is 0 Å². The summed E-state index contributed by atoms with van der Waals surface area (Å²) in [5.41, 5.74) is 0.210. The Morgan fingerprint density at radius 1 is 1.35 bits per heavy atom. The third-order valence-electron chi connectivity index (χ3n) is 2.77. The van der Waals surface area contributed by atoms with Crippen LogP contribution in [0, 0.1) is 0 Å². The minimum Gasteiger partial charge on any atom is -0.274 e. The highest BCUT2D eigenvalue weighted by Gasteiger charge is 2.31. The Morgan fingerprint density at radius 2 is 2.00 bits per heavy atom. The van der Waals surface area contributed by atoms with Crippen molar-refractivity contribution in [3.63, 3.8) is 0 Å². The molecule has 0 radical (unpaired) electrons. The molecule has 10 heteroatoms. The number of anilines is 1. The van der Waals surface area contributed by atoms with E-state index in [2.05, 4.69) is 10.2 Å². The molecule has 0 aliphatic rings. The Labute approximate surface area is 126 Å². The lowest BCUT2D eigenvalue weighted by molar-refractivity contribution is 0.592. The molecule has 2 rings (SSSR count). The predicted molar refractivity (Wildman–Crippen MR) is 76.6 cm³/mol. The SMILES string of the molecule is CN(c1ccn(C)n1)S(=O)(=O)c1c(CCl)nn(C)c1Cl. The van der Waals surface area contributed by atoms with E-state index in [1.54, 1.807) is 26.4 Å². The van der Waals surface area contributed by atoms with E-state index in [1.165, 1.54) is 16.4 Å². The lowest BCUT2D eigenvalue weighted by Gasteiger charge is -2.16. The van der Waals surface area contributed by atoms with Gasteiger partial charge in [-0.05, 0) is 0 Å². The maximum atomic E-state index is 12.6. The van der Waals surface area contributed by atoms with E-state index >= 15 is 0 Å². The summed E-state index contributed by atoms with van der Waals surface area (Å²) < 4.78 is 29.1. The molecular formula is C10H13Cl2N5O2S. The first-order valence-corrected chi connectivity index (χ1v) is 7.90. The molecule has 0 amide bonds. The van der Waals surface area contributed by atoms with Crippen molar-refractivity contribution >= 4 is 39.0 Å². The van der Waals surface area contributed by atoms with E-state index in [1.807, 2.05) is 0 Å². The quantitative estimate of drug-likeness (QED) is 0.790. The third-order valence-corrected chi connectivity index (χ3v) is 5.42. The van der Waals surface area contributed by atoms with Crippen LogP contribution in [-0.4, -0.2) is 35.0 Å². The molecule has 2 aromatic heterocycles. The highest BCUT2D eigenvalue weighted by Crippen LogP contribution is 2.30. The molecule has 20 heavy (non-hydrogen) atoms. The molecule has 0 aliphatic carbocycles. The molecule has 0 spiro atoms. The van der Waals surface area contributed by atoms with E-state index in [0.717, 1.165) is 4.31 Å². The van der Waals surface area contributed by atoms with E-state index in [0.29, 0.717) is 0 Å². The van der Waals surface area contributed by atoms with Gasteiger partial charge in [0.2, 0.25) is 0 Å². The van der Waals surface area contributed by atoms with Crippen molar-refractivity contribution in [2.24, 2.45) is 14.1 Å². The summed E-state index contributed by atoms with van der Waals surface area (Å²) in [6, 6.07) is 1.59. The Kier molecular flexibility index (Phi) is 3.99. The Balaban J connectivity index is 2.56. The number of nitrogens with zero attached hydrogens (tertiary/aromatic N) is 5. The average Bonchev–Trinajstić information content (AvgIpc) is 2.93. The summed E-state index contributed by atoms with van der Waals surface area (Å²) in [6.07, 6.45) is 1.65. The van der Waals surface area contributed by atoms with Crippen molar-refractivity contribution in [3.8, 4) is 0 Å². The molecule has 0 saturated heterocycles. The van der Waals surface area contributed by atoms with Crippen molar-refractivity contribution in [1.82, 2.24) is 19.6 Å². The molecule has 0 saturated carbocycles. The number of rotatable bonds is 4. The number of hydrogen-bond donors (Lipinski definition) is 0. The van der Waals surface area contributed by atoms with E-state index in [-0.39, 0.29) is 27.4 Å². The molecule has 0 bridgehead atoms. The number of halogens is 2. The molecular weight excluding hydrogens is 325 g/mol. The van der Waals surface area contributed by atoms with Crippen LogP contribution in [0.3, 0.4) is 0 Å². The first kappa shape index (κ1) is 15.1. The number of sulfonamides is 1. The van der Waals surface area contributed by atoms with Gasteiger partial charge in [0.1, 0.15) is 10.0 Å². The lowest BCUT2D eigenvalue weighted by Crippen LogP contribution is -2.27. The van der Waals surface area contributed by atoms with Crippen molar-refractivity contribution in [3.05, 3.63) is 23.1 Å². The van der Waals surface area contributed by atoms with Gasteiger partial charge in [0.15, 0.2) is 5.82 Å². The van der Waals surface area contributed by atoms with Crippen LogP contribution in [-0.2, 0) is 30.0 Å². The van der Waals surface area contributed by atoms with Gasteiger partial charge in [0.25, 0.3) is 10.0 Å². The molecule has 0 unspecified atom stereocenters. The molecule has 110 valence electrons. The minimum atomic E-state index is -3.87. The normalized spacial score (nSPS) is 11.8. The second kappa shape index (κ2) is 5.27. The molecule has 0 N–H and O–H groups in total. The van der Waals surface area contributed by atoms with Crippen LogP contribution in [0.15, 0.2) is 17.2 Å². The summed E-state index contributed by atoms with van der Waals surface area (Å²) in [5, 5.41) is 8.07. The van der Waals surface area contributed by atoms with Crippen LogP contribution in [0.2, 0.25) is 5.15 Å². The lowest BCUT2D eigenvalue weighted by atomic mass is 10.5. The van der Waals surface area contributed by atoms with Crippen molar-refractivity contribution in [1.29, 1.82) is 0 Å². The first-order valence-electron chi connectivity index (χ1n) is 5.55. The summed E-state index contributed by atoms with van der Waals surface area (Å²) in [6.45, 7) is 0. The highest BCUT2D eigenvalue weighted by atomic mass is 35.5. The number of hydrogen-bond acceptors (Lipinski definition) is 4. The maximum absolute atomic E-state index is 12.6. The van der Waals surface area contributed by atoms with Crippen molar-refractivity contribution < 1.29 is 8.42 Å². The number of aromatic nitrogens is 4. The van der Waals surface area contributed by atoms with Crippen LogP contribution >= 0.6 is 23.2 Å². The third kappa shape index (κ3) is 2.38. The van der Waals surface area contributed by atoms with Gasteiger partial charge in [-0.15, -0.1) is 11.6 Å². The van der Waals surface area contributed by atoms with Gasteiger partial charge in [-0.1, -0.05) is 11.6 Å². The van der Waals surface area contributed by atoms with Crippen LogP contribution < -0.4 is 4.31 Å². The largest absolute Gasteiger partial charge is 0.274 e. The first-order chi connectivity index (χ1) is 9.28. The predicted octanol–water partition coefficient (Wildman–Crippen LogP) is 1.37. The molecule has 0 atom stereocenters. The van der Waals surface area contributed by atoms with E-state index < -0.39 is 10.0 Å². The zero-order chi connectivity index (χ0) is 15.1. The van der Waals surface area contributed by atoms with Crippen LogP contribution in [0.25, 0.3) is 0 Å². The topological polar surface area (TPSA) is 73.0 Å². The smallest absolute Gasteiger partial charge is 0.270 e. The van der Waals surface area contributed by atoms with Gasteiger partial charge >= 0.3 is 0 Å². The molecule has 2 heterocycles. The molecule has 0 aromatic carbocycles. The summed E-state index contributed by atoms with van der Waals surface area (Å²) in [7, 11) is 0.782. The Bertz CT molecular complexity index is 737. The van der Waals surface area contributed by atoms with E-state index in [9.17, 15) is 8.42 Å². The fourth-order valence-corrected chi connectivity index (χ4v) is 3.79. The summed E-state index contributed by atoms with van der Waals surface area (Å²) >= 11 is 11.8. The second-order valence-electron chi connectivity index (χ2n) is 4.14. The molecule has 0 fully saturated rings. The summed E-state index contributed by atoms with van der Waals surface area (Å²) in [4.78, 5) is -0.0928. The minimum absolute atomic E-state index is 0.0171. The number of aryl methyl sites for hydroxylation is 2. The van der Waals surface area contributed by atoms with Crippen molar-refractivity contribution in [2.75, 3.05) is 11.4 Å². The fraction of sp³-hybridized carbons (Fsp3) is 0.400. The van der Waals surface area contributed by atoms with Gasteiger partial charge in [0, 0.05) is 33.4 Å². The molecule has 2 aromatic rings. The zero-order valence-electron chi connectivity index (χ0n) is 11.1. The van der Waals surface area contributed by atoms with Crippen LogP contribution in [0.5, 0.6) is 0 Å². The van der Waals surface area contributed by atoms with E-state index in [4.69, 9.17) is 23.2 Å². The van der Waals surface area contributed by atoms with Gasteiger partial charge in [-0.3, -0.25) is 13.7 Å². The number of alkyl halides is 1. The monoisotopic (exact) mass is 337 g/mol. The average molecular weight is 338 g/mol. The standard InChI is InChI=1S/C10H13Cl2N5O2S/c1-15-5-4-8(14-15)17(3)20(18,19)9-7(6-11)13-16(2)10(9)12/h4-5H,6H2,1-3H3. The van der Waals surface area contributed by atoms with Gasteiger partial charge in [-0.2, -0.15) is 10.2 Å². The fourth-order valence-electron chi connectivity index (χ4n) is 1.71. The van der Waals surface area contributed by atoms with Crippen LogP contribution in [0.1, 0.15) is 5.69 Å². The van der Waals surface area contributed by atoms with Gasteiger partial charge in [-0.25, -0.2) is 8.42 Å². The Hall–Kier alpha value is -1.25. The van der Waals surface area contributed by atoms with Crippen LogP contribution in [0.4, 0.5) is 5.82 Å². The second-order valence-corrected chi connectivity index (χ2v) is 6.68. The maximum Gasteiger partial charge on any atom is 0.270 e. The Morgan fingerprint density at radius 3 is 2.50 bits per heavy atom. The summed E-state index contributed by atoms with van der Waals surface area (Å²) in [5.74, 6) is 0.235. The highest BCUT2D eigenvalue weighted by molar-refractivity contribution is 7.93. The van der Waals surface area contributed by atoms with Gasteiger partial charge in [0.05, 0.1) is 11.6 Å². The van der Waals surface area contributed by atoms with Crippen molar-refractivity contribution in [2.45, 2.75) is 10.8 Å².